The Morgan fingerprint density at radius 2 is 2.06 bits per heavy atom. The number of anilines is 2. The second-order valence-electron chi connectivity index (χ2n) is 7.00. The molecular weight excluding hydrogens is 487 g/mol. The molecule has 0 bridgehead atoms. The molecule has 0 radical (unpaired) electrons. The number of halogens is 2. The van der Waals surface area contributed by atoms with E-state index in [9.17, 15) is 19.3 Å². The number of nitrogens with one attached hydrogen (secondary N) is 2. The van der Waals surface area contributed by atoms with Gasteiger partial charge in [0.2, 0.25) is 5.91 Å². The maximum Gasteiger partial charge on any atom is 0.311 e. The Morgan fingerprint density at radius 3 is 2.75 bits per heavy atom. The van der Waals surface area contributed by atoms with Crippen molar-refractivity contribution in [2.24, 2.45) is 0 Å². The highest BCUT2D eigenvalue weighted by atomic mass is 79.9. The summed E-state index contributed by atoms with van der Waals surface area (Å²) in [6.45, 7) is 0.439. The number of ether oxygens (including phenoxy) is 1. The number of carbonyl (C=O) groups is 1. The average Bonchev–Trinajstić information content (AvgIpc) is 2.72. The lowest BCUT2D eigenvalue weighted by Gasteiger charge is -2.12. The van der Waals surface area contributed by atoms with E-state index in [4.69, 9.17) is 4.74 Å². The highest BCUT2D eigenvalue weighted by molar-refractivity contribution is 9.10. The molecule has 0 unspecified atom stereocenters. The molecule has 2 N–H and O–H groups in total. The summed E-state index contributed by atoms with van der Waals surface area (Å²) >= 11 is 3.19. The monoisotopic (exact) mass is 506 g/mol. The number of hydrogen-bond acceptors (Lipinski definition) is 8. The summed E-state index contributed by atoms with van der Waals surface area (Å²) in [5, 5.41) is 17.5. The smallest absolute Gasteiger partial charge is 0.311 e. The molecule has 12 heteroatoms. The van der Waals surface area contributed by atoms with Crippen molar-refractivity contribution in [2.75, 3.05) is 39.1 Å². The molecule has 0 atom stereocenters. The van der Waals surface area contributed by atoms with Crippen molar-refractivity contribution in [1.82, 2.24) is 20.2 Å². The number of aromatic nitrogens is 2. The Bertz CT molecular complexity index is 1160. The van der Waals surface area contributed by atoms with E-state index in [2.05, 4.69) is 36.5 Å². The van der Waals surface area contributed by atoms with Crippen LogP contribution in [0.3, 0.4) is 0 Å². The number of nitrogens with zero attached hydrogens (tertiary/aromatic N) is 4. The maximum atomic E-state index is 14.2. The highest BCUT2D eigenvalue weighted by Gasteiger charge is 2.20. The van der Waals surface area contributed by atoms with Crippen molar-refractivity contribution in [3.8, 4) is 5.75 Å². The van der Waals surface area contributed by atoms with Crippen LogP contribution in [0, 0.1) is 15.9 Å². The van der Waals surface area contributed by atoms with E-state index in [1.54, 1.807) is 25.1 Å². The van der Waals surface area contributed by atoms with E-state index in [0.717, 1.165) is 0 Å². The van der Waals surface area contributed by atoms with Crippen LogP contribution in [0.15, 0.2) is 41.1 Å². The maximum absolute atomic E-state index is 14.2. The van der Waals surface area contributed by atoms with Crippen LogP contribution in [-0.2, 0) is 4.79 Å². The first kappa shape index (κ1) is 23.3. The molecule has 0 fully saturated rings. The molecule has 1 amide bonds. The normalized spacial score (nSPS) is 10.9. The molecular formula is C20H20BrFN6O4. The van der Waals surface area contributed by atoms with Gasteiger partial charge in [0.05, 0.1) is 34.6 Å². The lowest BCUT2D eigenvalue weighted by atomic mass is 10.2. The second-order valence-corrected chi connectivity index (χ2v) is 7.92. The topological polar surface area (TPSA) is 123 Å². The molecule has 1 heterocycles. The quantitative estimate of drug-likeness (QED) is 0.257. The number of nitro benzene ring substituents is 1. The summed E-state index contributed by atoms with van der Waals surface area (Å²) < 4.78 is 20.3. The standard InChI is InChI=1S/C20H20BrFN6O4/c1-27(2)10-19(29)23-5-6-32-18-9-16-13(8-17(18)28(30)31)20(25-11-24-16)26-15-4-3-12(21)7-14(15)22/h3-4,7-9,11H,5-6,10H2,1-2H3,(H,23,29)(H,24,25,26). The lowest BCUT2D eigenvalue weighted by Crippen LogP contribution is -2.35. The Morgan fingerprint density at radius 1 is 1.28 bits per heavy atom. The SMILES string of the molecule is CN(C)CC(=O)NCCOc1cc2ncnc(Nc3ccc(Br)cc3F)c2cc1[N+](=O)[O-]. The predicted octanol–water partition coefficient (Wildman–Crippen LogP) is 3.24. The molecule has 3 rings (SSSR count). The molecule has 0 aliphatic rings. The Kier molecular flexibility index (Phi) is 7.49. The zero-order chi connectivity index (χ0) is 23.3. The van der Waals surface area contributed by atoms with Crippen LogP contribution in [0.1, 0.15) is 0 Å². The van der Waals surface area contributed by atoms with Gasteiger partial charge in [0.1, 0.15) is 24.6 Å². The van der Waals surface area contributed by atoms with Crippen LogP contribution in [0.2, 0.25) is 0 Å². The first-order valence-electron chi connectivity index (χ1n) is 9.44. The van der Waals surface area contributed by atoms with E-state index in [1.165, 1.54) is 30.6 Å². The summed E-state index contributed by atoms with van der Waals surface area (Å²) in [6.07, 6.45) is 1.26. The van der Waals surface area contributed by atoms with Crippen LogP contribution in [0.4, 0.5) is 21.6 Å². The van der Waals surface area contributed by atoms with E-state index in [1.807, 2.05) is 0 Å². The third-order valence-electron chi connectivity index (χ3n) is 4.24. The second kappa shape index (κ2) is 10.3. The number of nitro groups is 1. The van der Waals surface area contributed by atoms with E-state index in [0.29, 0.717) is 15.4 Å². The van der Waals surface area contributed by atoms with Gasteiger partial charge in [-0.3, -0.25) is 14.9 Å². The fraction of sp³-hybridized carbons (Fsp3) is 0.250. The fourth-order valence-corrected chi connectivity index (χ4v) is 3.18. The zero-order valence-electron chi connectivity index (χ0n) is 17.3. The minimum Gasteiger partial charge on any atom is -0.485 e. The summed E-state index contributed by atoms with van der Waals surface area (Å²) in [6, 6.07) is 7.15. The Hall–Kier alpha value is -3.38. The fourth-order valence-electron chi connectivity index (χ4n) is 2.84. The van der Waals surface area contributed by atoms with Crippen LogP contribution in [-0.4, -0.2) is 59.5 Å². The van der Waals surface area contributed by atoms with Gasteiger partial charge in [-0.15, -0.1) is 0 Å². The molecule has 0 saturated heterocycles. The van der Waals surface area contributed by atoms with Gasteiger partial charge < -0.3 is 20.3 Å². The largest absolute Gasteiger partial charge is 0.485 e. The zero-order valence-corrected chi connectivity index (χ0v) is 18.8. The summed E-state index contributed by atoms with van der Waals surface area (Å²) in [4.78, 5) is 32.7. The molecule has 10 nitrogen and oxygen atoms in total. The Balaban J connectivity index is 1.83. The first-order chi connectivity index (χ1) is 15.2. The van der Waals surface area contributed by atoms with Gasteiger partial charge in [-0.25, -0.2) is 14.4 Å². The summed E-state index contributed by atoms with van der Waals surface area (Å²) in [7, 11) is 3.54. The number of rotatable bonds is 9. The van der Waals surface area contributed by atoms with Crippen LogP contribution in [0.5, 0.6) is 5.75 Å². The highest BCUT2D eigenvalue weighted by Crippen LogP contribution is 2.35. The van der Waals surface area contributed by atoms with Crippen molar-refractivity contribution >= 4 is 49.9 Å². The molecule has 3 aromatic rings. The van der Waals surface area contributed by atoms with Gasteiger partial charge in [0, 0.05) is 16.6 Å². The minimum absolute atomic E-state index is 0.00355. The predicted molar refractivity (Wildman–Crippen MR) is 121 cm³/mol. The third kappa shape index (κ3) is 5.86. The van der Waals surface area contributed by atoms with Crippen molar-refractivity contribution in [2.45, 2.75) is 0 Å². The average molecular weight is 507 g/mol. The molecule has 0 saturated carbocycles. The molecule has 0 aliphatic heterocycles. The minimum atomic E-state index is -0.587. The van der Waals surface area contributed by atoms with Crippen LogP contribution >= 0.6 is 15.9 Å². The molecule has 32 heavy (non-hydrogen) atoms. The van der Waals surface area contributed by atoms with Crippen molar-refractivity contribution in [3.63, 3.8) is 0 Å². The molecule has 0 aliphatic carbocycles. The summed E-state index contributed by atoms with van der Waals surface area (Å²) in [5.41, 5.74) is 0.230. The van der Waals surface area contributed by atoms with E-state index < -0.39 is 10.7 Å². The number of fused-ring (bicyclic) bond motifs is 1. The Labute approximate surface area is 191 Å². The van der Waals surface area contributed by atoms with Crippen molar-refractivity contribution in [3.05, 3.63) is 57.1 Å². The number of benzene rings is 2. The number of likely N-dealkylation sites (N-methyl/N-ethyl adjacent to an activating group) is 1. The van der Waals surface area contributed by atoms with Crippen molar-refractivity contribution in [1.29, 1.82) is 0 Å². The number of amides is 1. The van der Waals surface area contributed by atoms with Gasteiger partial charge in [-0.2, -0.15) is 0 Å². The van der Waals surface area contributed by atoms with Gasteiger partial charge in [0.15, 0.2) is 5.75 Å². The number of carbonyl (C=O) groups excluding carboxylic acids is 1. The summed E-state index contributed by atoms with van der Waals surface area (Å²) in [5.74, 6) is -0.488. The van der Waals surface area contributed by atoms with Gasteiger partial charge in [-0.1, -0.05) is 15.9 Å². The van der Waals surface area contributed by atoms with Crippen LogP contribution < -0.4 is 15.4 Å². The van der Waals surface area contributed by atoms with Gasteiger partial charge >= 0.3 is 5.69 Å². The third-order valence-corrected chi connectivity index (χ3v) is 4.73. The van der Waals surface area contributed by atoms with Gasteiger partial charge in [-0.05, 0) is 32.3 Å². The molecule has 168 valence electrons. The molecule has 0 spiro atoms. The first-order valence-corrected chi connectivity index (χ1v) is 10.2. The lowest BCUT2D eigenvalue weighted by molar-refractivity contribution is -0.385. The van der Waals surface area contributed by atoms with Gasteiger partial charge in [0.25, 0.3) is 0 Å². The number of hydrogen-bond donors (Lipinski definition) is 2. The van der Waals surface area contributed by atoms with Crippen molar-refractivity contribution < 1.29 is 18.8 Å². The van der Waals surface area contributed by atoms with E-state index >= 15 is 0 Å². The molecule has 2 aromatic carbocycles. The van der Waals surface area contributed by atoms with Crippen LogP contribution in [0.25, 0.3) is 10.9 Å². The van der Waals surface area contributed by atoms with E-state index in [-0.39, 0.29) is 48.5 Å². The molecule has 1 aromatic heterocycles.